The third-order valence-corrected chi connectivity index (χ3v) is 4.96. The number of nitrogens with zero attached hydrogens (tertiary/aromatic N) is 2. The molecule has 0 unspecified atom stereocenters. The van der Waals surface area contributed by atoms with Crippen LogP contribution in [0.1, 0.15) is 23.2 Å². The van der Waals surface area contributed by atoms with Crippen molar-refractivity contribution in [3.63, 3.8) is 0 Å². The summed E-state index contributed by atoms with van der Waals surface area (Å²) in [5.74, 6) is 0.963. The van der Waals surface area contributed by atoms with Gasteiger partial charge in [-0.1, -0.05) is 30.3 Å². The number of benzene rings is 2. The molecule has 1 saturated heterocycles. The number of rotatable bonds is 4. The average Bonchev–Trinajstić information content (AvgIpc) is 2.67. The van der Waals surface area contributed by atoms with E-state index in [2.05, 4.69) is 19.0 Å². The molecule has 1 aliphatic rings. The summed E-state index contributed by atoms with van der Waals surface area (Å²) in [5, 5.41) is 0. The second-order valence-corrected chi connectivity index (χ2v) is 6.79. The summed E-state index contributed by atoms with van der Waals surface area (Å²) < 4.78 is 5.43. The quantitative estimate of drug-likeness (QED) is 0.855. The molecular formula is C21H26N2O2. The molecule has 0 N–H and O–H groups in total. The predicted octanol–water partition coefficient (Wildman–Crippen LogP) is 3.53. The molecule has 1 heterocycles. The number of para-hydroxylation sites is 1. The molecule has 0 aromatic heterocycles. The van der Waals surface area contributed by atoms with Gasteiger partial charge in [0.15, 0.2) is 0 Å². The molecule has 0 saturated carbocycles. The van der Waals surface area contributed by atoms with Gasteiger partial charge in [-0.3, -0.25) is 4.79 Å². The highest BCUT2D eigenvalue weighted by molar-refractivity contribution is 5.95. The Morgan fingerprint density at radius 1 is 1.12 bits per heavy atom. The summed E-state index contributed by atoms with van der Waals surface area (Å²) in [4.78, 5) is 17.0. The van der Waals surface area contributed by atoms with Gasteiger partial charge in [0.1, 0.15) is 5.75 Å². The van der Waals surface area contributed by atoms with Gasteiger partial charge in [-0.2, -0.15) is 0 Å². The lowest BCUT2D eigenvalue weighted by Gasteiger charge is -2.36. The van der Waals surface area contributed by atoms with Crippen LogP contribution in [0.5, 0.6) is 5.75 Å². The van der Waals surface area contributed by atoms with Gasteiger partial charge >= 0.3 is 0 Å². The number of carbonyl (C=O) groups excluding carboxylic acids is 1. The molecule has 3 rings (SSSR count). The van der Waals surface area contributed by atoms with Crippen LogP contribution < -0.4 is 4.74 Å². The van der Waals surface area contributed by atoms with Crippen molar-refractivity contribution in [1.82, 2.24) is 9.80 Å². The highest BCUT2D eigenvalue weighted by Crippen LogP contribution is 2.29. The second kappa shape index (κ2) is 7.70. The Morgan fingerprint density at radius 3 is 2.52 bits per heavy atom. The van der Waals surface area contributed by atoms with Crippen LogP contribution in [0, 0.1) is 0 Å². The van der Waals surface area contributed by atoms with E-state index in [1.54, 1.807) is 7.11 Å². The van der Waals surface area contributed by atoms with Gasteiger partial charge in [-0.15, -0.1) is 0 Å². The van der Waals surface area contributed by atoms with Crippen molar-refractivity contribution in [3.05, 3.63) is 54.1 Å². The highest BCUT2D eigenvalue weighted by Gasteiger charge is 2.25. The van der Waals surface area contributed by atoms with Crippen LogP contribution in [0.25, 0.3) is 11.1 Å². The zero-order chi connectivity index (χ0) is 17.8. The molecule has 0 spiro atoms. The van der Waals surface area contributed by atoms with E-state index >= 15 is 0 Å². The van der Waals surface area contributed by atoms with Gasteiger partial charge < -0.3 is 14.5 Å². The van der Waals surface area contributed by atoms with E-state index in [1.165, 1.54) is 0 Å². The third-order valence-electron chi connectivity index (χ3n) is 4.96. The molecule has 0 radical (unpaired) electrons. The van der Waals surface area contributed by atoms with Gasteiger partial charge in [0, 0.05) is 30.3 Å². The van der Waals surface area contributed by atoms with Crippen LogP contribution in [0.4, 0.5) is 0 Å². The molecular weight excluding hydrogens is 312 g/mol. The number of ether oxygens (including phenoxy) is 1. The van der Waals surface area contributed by atoms with E-state index in [0.717, 1.165) is 48.4 Å². The average molecular weight is 338 g/mol. The number of carbonyl (C=O) groups is 1. The van der Waals surface area contributed by atoms with E-state index in [1.807, 2.05) is 53.4 Å². The van der Waals surface area contributed by atoms with Crippen molar-refractivity contribution in [2.45, 2.75) is 18.9 Å². The van der Waals surface area contributed by atoms with Crippen LogP contribution in [-0.2, 0) is 0 Å². The van der Waals surface area contributed by atoms with Crippen LogP contribution in [-0.4, -0.2) is 56.0 Å². The van der Waals surface area contributed by atoms with Crippen molar-refractivity contribution in [2.24, 2.45) is 0 Å². The molecule has 1 aliphatic heterocycles. The third kappa shape index (κ3) is 3.85. The monoisotopic (exact) mass is 338 g/mol. The SMILES string of the molecule is COc1ccccc1-c1ccc(C(=O)N2CCC[C@H](N(C)C)C2)cc1. The van der Waals surface area contributed by atoms with E-state index in [9.17, 15) is 4.79 Å². The van der Waals surface area contributed by atoms with Gasteiger partial charge in [-0.05, 0) is 50.7 Å². The fourth-order valence-electron chi connectivity index (χ4n) is 3.42. The van der Waals surface area contributed by atoms with Gasteiger partial charge in [0.2, 0.25) is 0 Å². The second-order valence-electron chi connectivity index (χ2n) is 6.79. The maximum absolute atomic E-state index is 12.8. The fourth-order valence-corrected chi connectivity index (χ4v) is 3.42. The predicted molar refractivity (Wildman–Crippen MR) is 101 cm³/mol. The summed E-state index contributed by atoms with van der Waals surface area (Å²) >= 11 is 0. The molecule has 0 bridgehead atoms. The maximum Gasteiger partial charge on any atom is 0.253 e. The fraction of sp³-hybridized carbons (Fsp3) is 0.381. The Balaban J connectivity index is 1.77. The molecule has 4 heteroatoms. The van der Waals surface area contributed by atoms with E-state index in [0.29, 0.717) is 6.04 Å². The van der Waals surface area contributed by atoms with E-state index in [-0.39, 0.29) is 5.91 Å². The number of amides is 1. The van der Waals surface area contributed by atoms with Crippen molar-refractivity contribution in [3.8, 4) is 16.9 Å². The topological polar surface area (TPSA) is 32.8 Å². The van der Waals surface area contributed by atoms with Crippen LogP contribution in [0.15, 0.2) is 48.5 Å². The van der Waals surface area contributed by atoms with E-state index in [4.69, 9.17) is 4.74 Å². The first-order valence-corrected chi connectivity index (χ1v) is 8.79. The van der Waals surface area contributed by atoms with Gasteiger partial charge in [-0.25, -0.2) is 0 Å². The molecule has 0 aliphatic carbocycles. The smallest absolute Gasteiger partial charge is 0.253 e. The van der Waals surface area contributed by atoms with Gasteiger partial charge in [0.05, 0.1) is 7.11 Å². The van der Waals surface area contributed by atoms with Crippen LogP contribution in [0.2, 0.25) is 0 Å². The summed E-state index contributed by atoms with van der Waals surface area (Å²) in [7, 11) is 5.84. The molecule has 1 amide bonds. The Bertz CT molecular complexity index is 725. The number of methoxy groups -OCH3 is 1. The molecule has 2 aromatic rings. The number of likely N-dealkylation sites (N-methyl/N-ethyl adjacent to an activating group) is 1. The Hall–Kier alpha value is -2.33. The first kappa shape index (κ1) is 17.5. The molecule has 4 nitrogen and oxygen atoms in total. The molecule has 25 heavy (non-hydrogen) atoms. The first-order valence-electron chi connectivity index (χ1n) is 8.79. The van der Waals surface area contributed by atoms with E-state index < -0.39 is 0 Å². The lowest BCUT2D eigenvalue weighted by Crippen LogP contribution is -2.47. The van der Waals surface area contributed by atoms with Crippen molar-refractivity contribution in [1.29, 1.82) is 0 Å². The van der Waals surface area contributed by atoms with Crippen molar-refractivity contribution in [2.75, 3.05) is 34.3 Å². The van der Waals surface area contributed by atoms with Crippen molar-refractivity contribution >= 4 is 5.91 Å². The van der Waals surface area contributed by atoms with Crippen LogP contribution >= 0.6 is 0 Å². The minimum atomic E-state index is 0.123. The zero-order valence-corrected chi connectivity index (χ0v) is 15.2. The Labute approximate surface area is 150 Å². The minimum Gasteiger partial charge on any atom is -0.496 e. The Kier molecular flexibility index (Phi) is 5.39. The zero-order valence-electron chi connectivity index (χ0n) is 15.2. The standard InChI is InChI=1S/C21H26N2O2/c1-22(2)18-7-6-14-23(15-18)21(24)17-12-10-16(11-13-17)19-8-4-5-9-20(19)25-3/h4-5,8-13,18H,6-7,14-15H2,1-3H3/t18-/m0/s1. The summed E-state index contributed by atoms with van der Waals surface area (Å²) in [6.07, 6.45) is 2.22. The lowest BCUT2D eigenvalue weighted by molar-refractivity contribution is 0.0635. The largest absolute Gasteiger partial charge is 0.496 e. The number of hydrogen-bond acceptors (Lipinski definition) is 3. The summed E-state index contributed by atoms with van der Waals surface area (Å²) in [5.41, 5.74) is 2.84. The summed E-state index contributed by atoms with van der Waals surface area (Å²) in [6, 6.07) is 16.2. The molecule has 1 fully saturated rings. The lowest BCUT2D eigenvalue weighted by atomic mass is 10.0. The number of likely N-dealkylation sites (tertiary alicyclic amines) is 1. The molecule has 2 aromatic carbocycles. The molecule has 132 valence electrons. The number of hydrogen-bond donors (Lipinski definition) is 0. The first-order chi connectivity index (χ1) is 12.1. The van der Waals surface area contributed by atoms with Gasteiger partial charge in [0.25, 0.3) is 5.91 Å². The highest BCUT2D eigenvalue weighted by atomic mass is 16.5. The number of piperidine rings is 1. The maximum atomic E-state index is 12.8. The Morgan fingerprint density at radius 2 is 1.84 bits per heavy atom. The minimum absolute atomic E-state index is 0.123. The summed E-state index contributed by atoms with van der Waals surface area (Å²) in [6.45, 7) is 1.65. The normalized spacial score (nSPS) is 17.6. The van der Waals surface area contributed by atoms with Crippen LogP contribution in [0.3, 0.4) is 0 Å². The van der Waals surface area contributed by atoms with Crippen molar-refractivity contribution < 1.29 is 9.53 Å². The molecule has 1 atom stereocenters.